The number of nitrogens with one attached hydrogen (secondary N) is 1. The zero-order valence-electron chi connectivity index (χ0n) is 15.0. The van der Waals surface area contributed by atoms with Crippen molar-refractivity contribution in [2.45, 2.75) is 33.1 Å². The van der Waals surface area contributed by atoms with Crippen molar-refractivity contribution < 1.29 is 4.74 Å². The van der Waals surface area contributed by atoms with Gasteiger partial charge in [0.25, 0.3) is 0 Å². The van der Waals surface area contributed by atoms with Gasteiger partial charge in [0.15, 0.2) is 5.96 Å². The van der Waals surface area contributed by atoms with E-state index in [-0.39, 0.29) is 24.0 Å². The van der Waals surface area contributed by atoms with Crippen LogP contribution in [-0.2, 0) is 11.2 Å². The Balaban J connectivity index is 0.00000288. The molecule has 2 rings (SSSR count). The summed E-state index contributed by atoms with van der Waals surface area (Å²) in [4.78, 5) is 7.17. The highest BCUT2D eigenvalue weighted by atomic mass is 127. The van der Waals surface area contributed by atoms with E-state index in [0.29, 0.717) is 0 Å². The Labute approximate surface area is 164 Å². The fourth-order valence-electron chi connectivity index (χ4n) is 3.06. The molecule has 1 fully saturated rings. The first-order valence-corrected chi connectivity index (χ1v) is 8.98. The van der Waals surface area contributed by atoms with Gasteiger partial charge in [-0.3, -0.25) is 4.99 Å². The predicted molar refractivity (Wildman–Crippen MR) is 112 cm³/mol. The number of ether oxygens (including phenoxy) is 1. The summed E-state index contributed by atoms with van der Waals surface area (Å²) in [7, 11) is 0. The van der Waals surface area contributed by atoms with Crippen LogP contribution >= 0.6 is 24.0 Å². The van der Waals surface area contributed by atoms with Gasteiger partial charge in [0.1, 0.15) is 0 Å². The molecule has 0 aromatic heterocycles. The number of nitrogens with zero attached hydrogens (tertiary/aromatic N) is 2. The SMILES string of the molecule is CCNC(=NCCCOCC)N1CCC(Cc2ccccc2)C1.I. The lowest BCUT2D eigenvalue weighted by atomic mass is 9.99. The van der Waals surface area contributed by atoms with Crippen molar-refractivity contribution in [3.05, 3.63) is 35.9 Å². The zero-order chi connectivity index (χ0) is 16.3. The molecule has 1 heterocycles. The van der Waals surface area contributed by atoms with Crippen LogP contribution in [-0.4, -0.2) is 50.3 Å². The molecule has 0 spiro atoms. The minimum absolute atomic E-state index is 0. The Bertz CT molecular complexity index is 467. The van der Waals surface area contributed by atoms with Crippen LogP contribution in [0.3, 0.4) is 0 Å². The van der Waals surface area contributed by atoms with Gasteiger partial charge in [-0.05, 0) is 44.6 Å². The van der Waals surface area contributed by atoms with Crippen LogP contribution in [0.4, 0.5) is 0 Å². The van der Waals surface area contributed by atoms with Crippen molar-refractivity contribution in [3.8, 4) is 0 Å². The molecule has 1 aromatic rings. The monoisotopic (exact) mass is 445 g/mol. The Kier molecular flexibility index (Phi) is 11.1. The lowest BCUT2D eigenvalue weighted by molar-refractivity contribution is 0.146. The third-order valence-corrected chi connectivity index (χ3v) is 4.20. The second-order valence-electron chi connectivity index (χ2n) is 6.08. The minimum atomic E-state index is 0. The van der Waals surface area contributed by atoms with Crippen molar-refractivity contribution in [2.24, 2.45) is 10.9 Å². The first kappa shape index (κ1) is 21.2. The van der Waals surface area contributed by atoms with Crippen molar-refractivity contribution in [1.29, 1.82) is 0 Å². The van der Waals surface area contributed by atoms with Gasteiger partial charge >= 0.3 is 0 Å². The Morgan fingerprint density at radius 2 is 2.08 bits per heavy atom. The average Bonchev–Trinajstić information content (AvgIpc) is 3.03. The molecule has 1 saturated heterocycles. The second-order valence-corrected chi connectivity index (χ2v) is 6.08. The maximum absolute atomic E-state index is 5.38. The van der Waals surface area contributed by atoms with Gasteiger partial charge in [-0.2, -0.15) is 0 Å². The molecular formula is C19H32IN3O. The van der Waals surface area contributed by atoms with E-state index < -0.39 is 0 Å². The maximum atomic E-state index is 5.38. The minimum Gasteiger partial charge on any atom is -0.382 e. The number of benzene rings is 1. The molecule has 24 heavy (non-hydrogen) atoms. The lowest BCUT2D eigenvalue weighted by Crippen LogP contribution is -2.40. The molecule has 1 aromatic carbocycles. The molecule has 1 aliphatic rings. The van der Waals surface area contributed by atoms with Crippen molar-refractivity contribution in [1.82, 2.24) is 10.2 Å². The van der Waals surface area contributed by atoms with Crippen LogP contribution in [0.1, 0.15) is 32.3 Å². The third-order valence-electron chi connectivity index (χ3n) is 4.20. The summed E-state index contributed by atoms with van der Waals surface area (Å²) in [5, 5.41) is 3.43. The number of guanidine groups is 1. The van der Waals surface area contributed by atoms with Crippen molar-refractivity contribution in [3.63, 3.8) is 0 Å². The summed E-state index contributed by atoms with van der Waals surface area (Å²) in [6.07, 6.45) is 3.41. The normalized spacial score (nSPS) is 17.7. The van der Waals surface area contributed by atoms with Crippen LogP contribution < -0.4 is 5.32 Å². The molecule has 4 nitrogen and oxygen atoms in total. The summed E-state index contributed by atoms with van der Waals surface area (Å²) in [5.74, 6) is 1.80. The molecular weight excluding hydrogens is 413 g/mol. The van der Waals surface area contributed by atoms with E-state index in [1.54, 1.807) is 0 Å². The van der Waals surface area contributed by atoms with Gasteiger partial charge in [0, 0.05) is 39.4 Å². The molecule has 0 amide bonds. The second kappa shape index (κ2) is 12.5. The smallest absolute Gasteiger partial charge is 0.193 e. The molecule has 0 bridgehead atoms. The van der Waals surface area contributed by atoms with Gasteiger partial charge < -0.3 is 15.0 Å². The maximum Gasteiger partial charge on any atom is 0.193 e. The first-order chi connectivity index (χ1) is 11.3. The molecule has 5 heteroatoms. The van der Waals surface area contributed by atoms with Crippen LogP contribution in [0.2, 0.25) is 0 Å². The Hall–Kier alpha value is -0.820. The van der Waals surface area contributed by atoms with E-state index >= 15 is 0 Å². The molecule has 1 unspecified atom stereocenters. The molecule has 136 valence electrons. The van der Waals surface area contributed by atoms with E-state index in [9.17, 15) is 0 Å². The van der Waals surface area contributed by atoms with Crippen LogP contribution in [0.25, 0.3) is 0 Å². The summed E-state index contributed by atoms with van der Waals surface area (Å²) < 4.78 is 5.38. The molecule has 1 N–H and O–H groups in total. The summed E-state index contributed by atoms with van der Waals surface area (Å²) in [6, 6.07) is 10.8. The summed E-state index contributed by atoms with van der Waals surface area (Å²) in [6.45, 7) is 9.72. The molecule has 0 aliphatic carbocycles. The van der Waals surface area contributed by atoms with E-state index in [2.05, 4.69) is 47.5 Å². The van der Waals surface area contributed by atoms with E-state index in [1.165, 1.54) is 18.4 Å². The lowest BCUT2D eigenvalue weighted by Gasteiger charge is -2.21. The van der Waals surface area contributed by atoms with Crippen LogP contribution in [0.15, 0.2) is 35.3 Å². The van der Waals surface area contributed by atoms with E-state index in [0.717, 1.165) is 57.7 Å². The largest absolute Gasteiger partial charge is 0.382 e. The number of halogens is 1. The first-order valence-electron chi connectivity index (χ1n) is 8.98. The Morgan fingerprint density at radius 1 is 1.29 bits per heavy atom. The van der Waals surface area contributed by atoms with Gasteiger partial charge in [-0.15, -0.1) is 24.0 Å². The number of hydrogen-bond donors (Lipinski definition) is 1. The van der Waals surface area contributed by atoms with E-state index in [4.69, 9.17) is 9.73 Å². The fourth-order valence-corrected chi connectivity index (χ4v) is 3.06. The molecule has 1 atom stereocenters. The molecule has 1 aliphatic heterocycles. The van der Waals surface area contributed by atoms with Crippen molar-refractivity contribution >= 4 is 29.9 Å². The highest BCUT2D eigenvalue weighted by Crippen LogP contribution is 2.20. The quantitative estimate of drug-likeness (QED) is 0.288. The van der Waals surface area contributed by atoms with E-state index in [1.807, 2.05) is 6.92 Å². The standard InChI is InChI=1S/C19H31N3O.HI/c1-3-20-19(21-12-8-14-23-4-2)22-13-11-18(16-22)15-17-9-6-5-7-10-17;/h5-7,9-10,18H,3-4,8,11-16H2,1-2H3,(H,20,21);1H. The van der Waals surface area contributed by atoms with Gasteiger partial charge in [0.05, 0.1) is 0 Å². The Morgan fingerprint density at radius 3 is 2.79 bits per heavy atom. The number of likely N-dealkylation sites (tertiary alicyclic amines) is 1. The molecule has 0 saturated carbocycles. The van der Waals surface area contributed by atoms with Crippen LogP contribution in [0, 0.1) is 5.92 Å². The fraction of sp³-hybridized carbons (Fsp3) is 0.632. The highest BCUT2D eigenvalue weighted by molar-refractivity contribution is 14.0. The summed E-state index contributed by atoms with van der Waals surface area (Å²) in [5.41, 5.74) is 1.44. The van der Waals surface area contributed by atoms with Crippen LogP contribution in [0.5, 0.6) is 0 Å². The topological polar surface area (TPSA) is 36.9 Å². The van der Waals surface area contributed by atoms with Crippen molar-refractivity contribution in [2.75, 3.05) is 39.4 Å². The average molecular weight is 445 g/mol. The highest BCUT2D eigenvalue weighted by Gasteiger charge is 2.24. The predicted octanol–water partition coefficient (Wildman–Crippen LogP) is 3.56. The van der Waals surface area contributed by atoms with Gasteiger partial charge in [0.2, 0.25) is 0 Å². The number of rotatable bonds is 8. The number of aliphatic imine (C=N–C) groups is 1. The number of hydrogen-bond acceptors (Lipinski definition) is 2. The molecule has 0 radical (unpaired) electrons. The van der Waals surface area contributed by atoms with Gasteiger partial charge in [-0.1, -0.05) is 30.3 Å². The third kappa shape index (κ3) is 7.38. The van der Waals surface area contributed by atoms with Gasteiger partial charge in [-0.25, -0.2) is 0 Å². The summed E-state index contributed by atoms with van der Waals surface area (Å²) >= 11 is 0. The zero-order valence-corrected chi connectivity index (χ0v) is 17.4.